The number of rotatable bonds is 12. The third kappa shape index (κ3) is 7.52. The topological polar surface area (TPSA) is 74.2 Å². The van der Waals surface area contributed by atoms with Crippen molar-refractivity contribution in [3.05, 3.63) is 71.8 Å². The molecule has 0 aliphatic rings. The maximum Gasteiger partial charge on any atom is 0.330 e. The average molecular weight is 431 g/mol. The van der Waals surface area contributed by atoms with Gasteiger partial charge in [-0.1, -0.05) is 60.7 Å². The fourth-order valence-corrected chi connectivity index (χ4v) is 4.78. The quantitative estimate of drug-likeness (QED) is 0.265. The lowest BCUT2D eigenvalue weighted by Gasteiger charge is -2.20. The minimum Gasteiger partial charge on any atom is -0.469 e. The number of ether oxygens (including phenoxy) is 1. The van der Waals surface area contributed by atoms with Crippen molar-refractivity contribution < 1.29 is 23.1 Å². The van der Waals surface area contributed by atoms with Gasteiger partial charge < -0.3 is 13.8 Å². The minimum atomic E-state index is -3.23. The van der Waals surface area contributed by atoms with E-state index >= 15 is 0 Å². The van der Waals surface area contributed by atoms with E-state index in [1.165, 1.54) is 7.11 Å². The highest BCUT2D eigenvalue weighted by molar-refractivity contribution is 7.53. The third-order valence-corrected chi connectivity index (χ3v) is 6.53. The van der Waals surface area contributed by atoms with Gasteiger partial charge in [0.15, 0.2) is 0 Å². The van der Waals surface area contributed by atoms with Crippen LogP contribution in [0.1, 0.15) is 37.8 Å². The fraction of sp³-hybridized carbons (Fsp3) is 0.391. The van der Waals surface area contributed by atoms with Crippen molar-refractivity contribution in [3.8, 4) is 0 Å². The maximum absolute atomic E-state index is 12.9. The molecule has 0 saturated heterocycles. The summed E-state index contributed by atoms with van der Waals surface area (Å²) < 4.78 is 28.5. The largest absolute Gasteiger partial charge is 0.469 e. The molecule has 1 atom stereocenters. The molecule has 2 rings (SSSR count). The van der Waals surface area contributed by atoms with Crippen LogP contribution in [0.5, 0.6) is 0 Å². The van der Waals surface area contributed by atoms with Crippen molar-refractivity contribution in [3.63, 3.8) is 0 Å². The number of benzene rings is 2. The Bertz CT molecular complexity index is 803. The van der Waals surface area contributed by atoms with E-state index in [4.69, 9.17) is 18.8 Å². The van der Waals surface area contributed by atoms with Gasteiger partial charge in [0.05, 0.1) is 44.7 Å². The second-order valence-electron chi connectivity index (χ2n) is 6.60. The van der Waals surface area contributed by atoms with E-state index in [-0.39, 0.29) is 18.6 Å². The van der Waals surface area contributed by atoms with E-state index in [2.05, 4.69) is 0 Å². The lowest BCUT2D eigenvalue weighted by molar-refractivity contribution is -0.141. The van der Waals surface area contributed by atoms with Crippen LogP contribution < -0.4 is 0 Å². The number of esters is 1. The molecule has 2 aromatic rings. The number of carbonyl (C=O) groups excluding carboxylic acids is 1. The van der Waals surface area contributed by atoms with Gasteiger partial charge in [-0.3, -0.25) is 14.4 Å². The van der Waals surface area contributed by atoms with Crippen LogP contribution in [0.2, 0.25) is 0 Å². The van der Waals surface area contributed by atoms with Gasteiger partial charge >= 0.3 is 13.6 Å². The normalized spacial score (nSPS) is 12.2. The van der Waals surface area contributed by atoms with Crippen LogP contribution in [0.15, 0.2) is 65.7 Å². The molecule has 1 unspecified atom stereocenters. The summed E-state index contributed by atoms with van der Waals surface area (Å²) in [4.78, 5) is 16.9. The Kier molecular flexibility index (Phi) is 9.95. The lowest BCUT2D eigenvalue weighted by Crippen LogP contribution is -2.18. The van der Waals surface area contributed by atoms with Crippen LogP contribution in [0.3, 0.4) is 0 Å². The number of carbonyl (C=O) groups is 1. The van der Waals surface area contributed by atoms with Gasteiger partial charge in [-0.15, -0.1) is 0 Å². The van der Waals surface area contributed by atoms with Crippen molar-refractivity contribution in [2.75, 3.05) is 26.5 Å². The predicted molar refractivity (Wildman–Crippen MR) is 119 cm³/mol. The zero-order valence-corrected chi connectivity index (χ0v) is 18.7. The first-order valence-electron chi connectivity index (χ1n) is 10.1. The van der Waals surface area contributed by atoms with Crippen molar-refractivity contribution >= 4 is 19.3 Å². The Morgan fingerprint density at radius 1 is 0.933 bits per heavy atom. The Morgan fingerprint density at radius 2 is 1.43 bits per heavy atom. The Hall–Kier alpha value is -2.27. The second kappa shape index (κ2) is 12.4. The fourth-order valence-electron chi connectivity index (χ4n) is 3.05. The third-order valence-electron chi connectivity index (χ3n) is 4.42. The van der Waals surface area contributed by atoms with Crippen molar-refractivity contribution in [2.45, 2.75) is 32.7 Å². The summed E-state index contributed by atoms with van der Waals surface area (Å²) in [6.45, 7) is 4.14. The Morgan fingerprint density at radius 3 is 1.87 bits per heavy atom. The molecule has 2 aromatic carbocycles. The molecule has 0 spiro atoms. The summed E-state index contributed by atoms with van der Waals surface area (Å²) in [5, 5.41) is 0. The van der Waals surface area contributed by atoms with Gasteiger partial charge in [-0.25, -0.2) is 0 Å². The second-order valence-corrected chi connectivity index (χ2v) is 8.79. The molecule has 7 heteroatoms. The van der Waals surface area contributed by atoms with Gasteiger partial charge in [0.2, 0.25) is 0 Å². The standard InChI is InChI=1S/C23H30NO5P/c1-4-28-30(26,29-5-2)17-16-21(18-22(25)27-3)24-23(19-12-8-6-9-13-19)20-14-10-7-11-15-20/h6-15,21H,4-5,16-18H2,1-3H3. The summed E-state index contributed by atoms with van der Waals surface area (Å²) in [5.41, 5.74) is 2.65. The lowest BCUT2D eigenvalue weighted by atomic mass is 10.0. The number of hydrogen-bond acceptors (Lipinski definition) is 6. The molecule has 0 heterocycles. The van der Waals surface area contributed by atoms with E-state index in [1.807, 2.05) is 60.7 Å². The van der Waals surface area contributed by atoms with Crippen LogP contribution >= 0.6 is 7.60 Å². The molecule has 0 radical (unpaired) electrons. The molecule has 0 saturated carbocycles. The first-order chi connectivity index (χ1) is 14.5. The van der Waals surface area contributed by atoms with Crippen LogP contribution in [0, 0.1) is 0 Å². The van der Waals surface area contributed by atoms with Crippen molar-refractivity contribution in [1.82, 2.24) is 0 Å². The molecular weight excluding hydrogens is 401 g/mol. The van der Waals surface area contributed by atoms with E-state index in [0.29, 0.717) is 19.6 Å². The number of nitrogens with zero attached hydrogens (tertiary/aromatic N) is 1. The molecule has 0 amide bonds. The van der Waals surface area contributed by atoms with Crippen molar-refractivity contribution in [1.29, 1.82) is 0 Å². The summed E-state index contributed by atoms with van der Waals surface area (Å²) in [6.07, 6.45) is 0.629. The Balaban J connectivity index is 2.38. The van der Waals surface area contributed by atoms with Crippen LogP contribution in [0.25, 0.3) is 0 Å². The number of hydrogen-bond donors (Lipinski definition) is 0. The highest BCUT2D eigenvalue weighted by Gasteiger charge is 2.26. The summed E-state index contributed by atoms with van der Waals surface area (Å²) >= 11 is 0. The van der Waals surface area contributed by atoms with E-state index < -0.39 is 13.6 Å². The van der Waals surface area contributed by atoms with Gasteiger partial charge in [0.25, 0.3) is 0 Å². The summed E-state index contributed by atoms with van der Waals surface area (Å²) in [6, 6.07) is 19.2. The first-order valence-corrected chi connectivity index (χ1v) is 11.9. The SMILES string of the molecule is CCOP(=O)(CCC(CC(=O)OC)N=C(c1ccccc1)c1ccccc1)OCC. The zero-order valence-electron chi connectivity index (χ0n) is 17.8. The van der Waals surface area contributed by atoms with Crippen molar-refractivity contribution in [2.24, 2.45) is 4.99 Å². The molecule has 0 fully saturated rings. The highest BCUT2D eigenvalue weighted by atomic mass is 31.2. The number of aliphatic imine (C=N–C) groups is 1. The molecule has 30 heavy (non-hydrogen) atoms. The highest BCUT2D eigenvalue weighted by Crippen LogP contribution is 2.49. The smallest absolute Gasteiger partial charge is 0.330 e. The molecule has 162 valence electrons. The summed E-state index contributed by atoms with van der Waals surface area (Å²) in [5.74, 6) is -0.369. The van der Waals surface area contributed by atoms with Gasteiger partial charge in [0, 0.05) is 11.1 Å². The minimum absolute atomic E-state index is 0.0813. The molecule has 0 aliphatic carbocycles. The molecular formula is C23H30NO5P. The van der Waals surface area contributed by atoms with Crippen LogP contribution in [-0.4, -0.2) is 44.2 Å². The predicted octanol–water partition coefficient (Wildman–Crippen LogP) is 5.11. The van der Waals surface area contributed by atoms with E-state index in [1.54, 1.807) is 13.8 Å². The summed E-state index contributed by atoms with van der Waals surface area (Å²) in [7, 11) is -1.88. The van der Waals surface area contributed by atoms with Crippen LogP contribution in [0.4, 0.5) is 0 Å². The van der Waals surface area contributed by atoms with Gasteiger partial charge in [0.1, 0.15) is 0 Å². The molecule has 0 bridgehead atoms. The Labute approximate surface area is 178 Å². The average Bonchev–Trinajstić information content (AvgIpc) is 2.77. The monoisotopic (exact) mass is 431 g/mol. The first kappa shape index (κ1) is 24.0. The van der Waals surface area contributed by atoms with Gasteiger partial charge in [-0.2, -0.15) is 0 Å². The molecule has 0 aliphatic heterocycles. The molecule has 6 nitrogen and oxygen atoms in total. The zero-order chi connectivity index (χ0) is 21.8. The van der Waals surface area contributed by atoms with E-state index in [9.17, 15) is 9.36 Å². The molecule has 0 N–H and O–H groups in total. The van der Waals surface area contributed by atoms with Crippen LogP contribution in [-0.2, 0) is 23.1 Å². The maximum atomic E-state index is 12.9. The van der Waals surface area contributed by atoms with E-state index in [0.717, 1.165) is 16.8 Å². The number of methoxy groups -OCH3 is 1. The van der Waals surface area contributed by atoms with Gasteiger partial charge in [-0.05, 0) is 20.3 Å². The molecule has 0 aromatic heterocycles.